The zero-order valence-corrected chi connectivity index (χ0v) is 18.2. The Morgan fingerprint density at radius 3 is 2.23 bits per heavy atom. The van der Waals surface area contributed by atoms with E-state index in [1.165, 1.54) is 34.4 Å². The van der Waals surface area contributed by atoms with Crippen LogP contribution >= 0.6 is 0 Å². The van der Waals surface area contributed by atoms with Crippen LogP contribution in [-0.2, 0) is 9.53 Å². The van der Waals surface area contributed by atoms with E-state index < -0.39 is 0 Å². The minimum atomic E-state index is -0.0419. The third-order valence-electron chi connectivity index (χ3n) is 5.50. The fraction of sp³-hybridized carbons (Fsp3) is 0.444. The first-order valence-corrected chi connectivity index (χ1v) is 11.5. The molecule has 0 N–H and O–H groups in total. The number of unbranched alkanes of at least 4 members (excludes halogenated alkanes) is 6. The van der Waals surface area contributed by atoms with E-state index in [0.29, 0.717) is 13.0 Å². The topological polar surface area (TPSA) is 35.5 Å². The summed E-state index contributed by atoms with van der Waals surface area (Å²) < 4.78 is 11.3. The van der Waals surface area contributed by atoms with Gasteiger partial charge in [0, 0.05) is 11.8 Å². The smallest absolute Gasteiger partial charge is 0.305 e. The van der Waals surface area contributed by atoms with Crippen molar-refractivity contribution in [2.24, 2.45) is 0 Å². The summed E-state index contributed by atoms with van der Waals surface area (Å²) in [6.45, 7) is 3.42. The fourth-order valence-corrected chi connectivity index (χ4v) is 3.73. The van der Waals surface area contributed by atoms with Crippen molar-refractivity contribution < 1.29 is 14.3 Å². The molecule has 0 atom stereocenters. The first-order chi connectivity index (χ1) is 14.8. The van der Waals surface area contributed by atoms with E-state index in [1.54, 1.807) is 0 Å². The molecule has 0 saturated carbocycles. The van der Waals surface area contributed by atoms with Crippen molar-refractivity contribution in [2.45, 2.75) is 64.7 Å². The van der Waals surface area contributed by atoms with Gasteiger partial charge in [0.1, 0.15) is 5.75 Å². The molecule has 3 aromatic rings. The molecule has 0 spiro atoms. The summed E-state index contributed by atoms with van der Waals surface area (Å²) in [7, 11) is 0. The lowest BCUT2D eigenvalue weighted by Crippen LogP contribution is -2.05. The summed E-state index contributed by atoms with van der Waals surface area (Å²) in [5.74, 6) is 0.930. The molecule has 3 heteroatoms. The predicted molar refractivity (Wildman–Crippen MR) is 125 cm³/mol. The molecule has 0 amide bonds. The molecule has 3 nitrogen and oxygen atoms in total. The minimum absolute atomic E-state index is 0.0419. The first kappa shape index (κ1) is 22.1. The van der Waals surface area contributed by atoms with Gasteiger partial charge in [-0.15, -0.1) is 0 Å². The van der Waals surface area contributed by atoms with Crippen LogP contribution in [0.2, 0.25) is 0 Å². The van der Waals surface area contributed by atoms with Crippen LogP contribution in [0.15, 0.2) is 54.6 Å². The summed E-state index contributed by atoms with van der Waals surface area (Å²) >= 11 is 0. The van der Waals surface area contributed by atoms with Gasteiger partial charge in [-0.25, -0.2) is 0 Å². The Labute approximate surface area is 180 Å². The standard InChI is InChI=1S/C27H34O3/c1-2-3-18-30-27(28)17-8-6-4-5-7-11-19-29-26-16-12-15-24-20-22-13-9-10-14-23(22)21-25(24)26/h9-10,12-16,20-21H,2-8,11,17-19H2,1H3. The van der Waals surface area contributed by atoms with Gasteiger partial charge >= 0.3 is 5.97 Å². The predicted octanol–water partition coefficient (Wildman–Crippen LogP) is 7.45. The number of hydrogen-bond acceptors (Lipinski definition) is 3. The molecule has 0 saturated heterocycles. The van der Waals surface area contributed by atoms with Crippen LogP contribution < -0.4 is 4.74 Å². The van der Waals surface area contributed by atoms with Crippen molar-refractivity contribution >= 4 is 27.5 Å². The Morgan fingerprint density at radius 2 is 1.43 bits per heavy atom. The molecule has 3 aromatic carbocycles. The maximum atomic E-state index is 11.6. The molecule has 0 aliphatic rings. The van der Waals surface area contributed by atoms with Gasteiger partial charge in [-0.2, -0.15) is 0 Å². The van der Waals surface area contributed by atoms with Gasteiger partial charge in [0.25, 0.3) is 0 Å². The van der Waals surface area contributed by atoms with Crippen molar-refractivity contribution in [1.82, 2.24) is 0 Å². The van der Waals surface area contributed by atoms with Crippen LogP contribution in [0, 0.1) is 0 Å². The number of rotatable bonds is 13. The number of ether oxygens (including phenoxy) is 2. The molecule has 0 bridgehead atoms. The highest BCUT2D eigenvalue weighted by Gasteiger charge is 2.05. The van der Waals surface area contributed by atoms with Crippen LogP contribution in [0.3, 0.4) is 0 Å². The highest BCUT2D eigenvalue weighted by atomic mass is 16.5. The third-order valence-corrected chi connectivity index (χ3v) is 5.50. The summed E-state index contributed by atoms with van der Waals surface area (Å²) in [6, 6.07) is 19.2. The largest absolute Gasteiger partial charge is 0.493 e. The van der Waals surface area contributed by atoms with Crippen LogP contribution in [0.1, 0.15) is 64.7 Å². The van der Waals surface area contributed by atoms with Crippen molar-refractivity contribution in [1.29, 1.82) is 0 Å². The molecular weight excluding hydrogens is 372 g/mol. The average Bonchev–Trinajstić information content (AvgIpc) is 2.77. The molecule has 0 unspecified atom stereocenters. The minimum Gasteiger partial charge on any atom is -0.493 e. The van der Waals surface area contributed by atoms with Gasteiger partial charge in [0.15, 0.2) is 0 Å². The quantitative estimate of drug-likeness (QED) is 0.168. The molecule has 0 aromatic heterocycles. The van der Waals surface area contributed by atoms with Crippen LogP contribution in [0.25, 0.3) is 21.5 Å². The van der Waals surface area contributed by atoms with E-state index in [0.717, 1.165) is 50.9 Å². The normalized spacial score (nSPS) is 11.1. The van der Waals surface area contributed by atoms with Crippen molar-refractivity contribution in [2.75, 3.05) is 13.2 Å². The summed E-state index contributed by atoms with van der Waals surface area (Å²) in [4.78, 5) is 11.6. The highest BCUT2D eigenvalue weighted by Crippen LogP contribution is 2.30. The highest BCUT2D eigenvalue weighted by molar-refractivity contribution is 6.00. The van der Waals surface area contributed by atoms with E-state index in [-0.39, 0.29) is 5.97 Å². The van der Waals surface area contributed by atoms with Crippen LogP contribution in [0.5, 0.6) is 5.75 Å². The summed E-state index contributed by atoms with van der Waals surface area (Å²) in [6.07, 6.45) is 9.19. The van der Waals surface area contributed by atoms with Crippen molar-refractivity contribution in [3.05, 3.63) is 54.6 Å². The molecule has 3 rings (SSSR count). The van der Waals surface area contributed by atoms with Crippen LogP contribution in [-0.4, -0.2) is 19.2 Å². The second-order valence-corrected chi connectivity index (χ2v) is 7.97. The summed E-state index contributed by atoms with van der Waals surface area (Å²) in [5.41, 5.74) is 0. The van der Waals surface area contributed by atoms with Crippen LogP contribution in [0.4, 0.5) is 0 Å². The molecule has 0 aliphatic carbocycles. The van der Waals surface area contributed by atoms with E-state index in [1.807, 2.05) is 0 Å². The number of hydrogen-bond donors (Lipinski definition) is 0. The van der Waals surface area contributed by atoms with Gasteiger partial charge in [-0.1, -0.05) is 75.4 Å². The third kappa shape index (κ3) is 6.76. The molecular formula is C27H34O3. The maximum absolute atomic E-state index is 11.6. The Kier molecular flexibility index (Phi) is 9.02. The average molecular weight is 407 g/mol. The van der Waals surface area contributed by atoms with E-state index in [2.05, 4.69) is 61.5 Å². The zero-order chi connectivity index (χ0) is 21.0. The zero-order valence-electron chi connectivity index (χ0n) is 18.2. The van der Waals surface area contributed by atoms with Gasteiger partial charge in [0.2, 0.25) is 0 Å². The lowest BCUT2D eigenvalue weighted by molar-refractivity contribution is -0.143. The number of carbonyl (C=O) groups excluding carboxylic acids is 1. The molecule has 0 aliphatic heterocycles. The number of carbonyl (C=O) groups is 1. The Balaban J connectivity index is 1.33. The van der Waals surface area contributed by atoms with E-state index >= 15 is 0 Å². The van der Waals surface area contributed by atoms with Gasteiger partial charge in [-0.05, 0) is 53.6 Å². The molecule has 0 fully saturated rings. The fourth-order valence-electron chi connectivity index (χ4n) is 3.73. The SMILES string of the molecule is CCCCOC(=O)CCCCCCCCOc1cccc2cc3ccccc3cc12. The Hall–Kier alpha value is -2.55. The lowest BCUT2D eigenvalue weighted by atomic mass is 10.0. The molecule has 30 heavy (non-hydrogen) atoms. The van der Waals surface area contributed by atoms with Crippen molar-refractivity contribution in [3.63, 3.8) is 0 Å². The summed E-state index contributed by atoms with van der Waals surface area (Å²) in [5, 5.41) is 4.91. The van der Waals surface area contributed by atoms with Gasteiger partial charge < -0.3 is 9.47 Å². The molecule has 160 valence electrons. The Morgan fingerprint density at radius 1 is 0.733 bits per heavy atom. The monoisotopic (exact) mass is 406 g/mol. The number of esters is 1. The Bertz CT molecular complexity index is 932. The van der Waals surface area contributed by atoms with Crippen molar-refractivity contribution in [3.8, 4) is 5.75 Å². The van der Waals surface area contributed by atoms with Gasteiger partial charge in [-0.3, -0.25) is 4.79 Å². The lowest BCUT2D eigenvalue weighted by Gasteiger charge is -2.10. The second-order valence-electron chi connectivity index (χ2n) is 7.97. The van der Waals surface area contributed by atoms with E-state index in [9.17, 15) is 4.79 Å². The van der Waals surface area contributed by atoms with E-state index in [4.69, 9.17) is 9.47 Å². The number of fused-ring (bicyclic) bond motifs is 2. The number of benzene rings is 3. The molecule has 0 radical (unpaired) electrons. The molecule has 0 heterocycles. The van der Waals surface area contributed by atoms with Gasteiger partial charge in [0.05, 0.1) is 13.2 Å². The second kappa shape index (κ2) is 12.2. The maximum Gasteiger partial charge on any atom is 0.305 e. The first-order valence-electron chi connectivity index (χ1n) is 11.5.